The van der Waals surface area contributed by atoms with Crippen LogP contribution in [0.1, 0.15) is 67.3 Å². The van der Waals surface area contributed by atoms with Crippen molar-refractivity contribution in [2.24, 2.45) is 10.8 Å². The molecular weight excluding hydrogens is 426 g/mol. The highest BCUT2D eigenvalue weighted by atomic mass is 35.5. The van der Waals surface area contributed by atoms with Gasteiger partial charge in [0.25, 0.3) is 0 Å². The van der Waals surface area contributed by atoms with Crippen molar-refractivity contribution in [2.45, 2.75) is 57.4 Å². The number of halogens is 1. The summed E-state index contributed by atoms with van der Waals surface area (Å²) in [6.07, 6.45) is 5.39. The number of rotatable bonds is 5. The van der Waals surface area contributed by atoms with Crippen LogP contribution in [0, 0.1) is 10.8 Å². The second-order valence-electron chi connectivity index (χ2n) is 9.14. The third-order valence-electron chi connectivity index (χ3n) is 7.67. The normalized spacial score (nSPS) is 28.8. The van der Waals surface area contributed by atoms with E-state index in [1.165, 1.54) is 0 Å². The van der Waals surface area contributed by atoms with Crippen LogP contribution >= 0.6 is 11.6 Å². The zero-order valence-electron chi connectivity index (χ0n) is 18.0. The number of benzene rings is 2. The monoisotopic (exact) mass is 451 g/mol. The summed E-state index contributed by atoms with van der Waals surface area (Å²) in [5, 5.41) is 3.65. The summed E-state index contributed by atoms with van der Waals surface area (Å²) >= 11 is 6.03. The van der Waals surface area contributed by atoms with Crippen LogP contribution in [0.5, 0.6) is 5.75 Å². The van der Waals surface area contributed by atoms with E-state index in [-0.39, 0.29) is 17.7 Å². The second-order valence-corrected chi connectivity index (χ2v) is 9.57. The number of carbonyl (C=O) groups is 3. The summed E-state index contributed by atoms with van der Waals surface area (Å²) in [6.45, 7) is 1.87. The van der Waals surface area contributed by atoms with Gasteiger partial charge < -0.3 is 10.1 Å². The van der Waals surface area contributed by atoms with Crippen molar-refractivity contribution in [3.63, 3.8) is 0 Å². The molecule has 32 heavy (non-hydrogen) atoms. The van der Waals surface area contributed by atoms with Gasteiger partial charge in [0.05, 0.1) is 5.41 Å². The molecule has 0 aromatic heterocycles. The van der Waals surface area contributed by atoms with E-state index in [1.807, 2.05) is 19.1 Å². The summed E-state index contributed by atoms with van der Waals surface area (Å²) < 4.78 is 5.69. The molecule has 3 atom stereocenters. The minimum atomic E-state index is -1.55. The number of hydrogen-bond donors (Lipinski definition) is 1. The van der Waals surface area contributed by atoms with Gasteiger partial charge in [-0.25, -0.2) is 0 Å². The third kappa shape index (κ3) is 2.80. The van der Waals surface area contributed by atoms with Gasteiger partial charge in [-0.1, -0.05) is 56.0 Å². The zero-order chi connectivity index (χ0) is 22.5. The van der Waals surface area contributed by atoms with Crippen molar-refractivity contribution in [1.29, 1.82) is 0 Å². The van der Waals surface area contributed by atoms with Gasteiger partial charge in [-0.15, -0.1) is 0 Å². The molecule has 2 fully saturated rings. The van der Waals surface area contributed by atoms with Crippen LogP contribution in [0.25, 0.3) is 0 Å². The van der Waals surface area contributed by atoms with Gasteiger partial charge in [0.1, 0.15) is 5.75 Å². The van der Waals surface area contributed by atoms with Crippen LogP contribution in [0.15, 0.2) is 48.5 Å². The molecule has 0 radical (unpaired) electrons. The summed E-state index contributed by atoms with van der Waals surface area (Å²) in [7, 11) is 0. The zero-order valence-corrected chi connectivity index (χ0v) is 18.8. The summed E-state index contributed by atoms with van der Waals surface area (Å²) in [4.78, 5) is 41.3. The Morgan fingerprint density at radius 1 is 1.06 bits per heavy atom. The Balaban J connectivity index is 1.62. The molecule has 1 N–H and O–H groups in total. The highest BCUT2D eigenvalue weighted by molar-refractivity contribution is 6.30. The quantitative estimate of drug-likeness (QED) is 0.298. The summed E-state index contributed by atoms with van der Waals surface area (Å²) in [5.41, 5.74) is -1.55. The molecule has 0 spiro atoms. The van der Waals surface area contributed by atoms with E-state index in [0.717, 1.165) is 37.7 Å². The molecule has 0 unspecified atom stereocenters. The number of hydrogen-bond acceptors (Lipinski definition) is 4. The van der Waals surface area contributed by atoms with E-state index in [2.05, 4.69) is 5.32 Å². The molecule has 5 nitrogen and oxygen atoms in total. The van der Waals surface area contributed by atoms with Crippen LogP contribution in [-0.4, -0.2) is 23.7 Å². The SMILES string of the molecule is CC[C@]1(C(=O)c2ccc(Cl)cc2)[C@@H]2c3ccccc3OC(=O)[C@]21C(=O)NC1CCCCC1. The number of esters is 1. The molecule has 2 aromatic rings. The lowest BCUT2D eigenvalue weighted by Crippen LogP contribution is -2.49. The molecule has 166 valence electrons. The molecule has 1 heterocycles. The fraction of sp³-hybridized carbons (Fsp3) is 0.423. The number of ether oxygens (including phenoxy) is 1. The largest absolute Gasteiger partial charge is 0.425 e. The van der Waals surface area contributed by atoms with Crippen LogP contribution in [-0.2, 0) is 9.59 Å². The molecule has 2 aliphatic carbocycles. The number of amides is 1. The maximum absolute atomic E-state index is 14.0. The van der Waals surface area contributed by atoms with E-state index in [1.54, 1.807) is 36.4 Å². The average molecular weight is 452 g/mol. The second kappa shape index (κ2) is 7.73. The Labute approximate surface area is 192 Å². The number of nitrogens with one attached hydrogen (secondary N) is 1. The Kier molecular flexibility index (Phi) is 5.12. The smallest absolute Gasteiger partial charge is 0.328 e. The first-order chi connectivity index (χ1) is 15.5. The fourth-order valence-electron chi connectivity index (χ4n) is 6.11. The number of ketones is 1. The molecule has 5 rings (SSSR count). The van der Waals surface area contributed by atoms with Gasteiger partial charge in [0, 0.05) is 28.1 Å². The van der Waals surface area contributed by atoms with Crippen molar-refractivity contribution in [1.82, 2.24) is 5.32 Å². The van der Waals surface area contributed by atoms with Crippen LogP contribution < -0.4 is 10.1 Å². The van der Waals surface area contributed by atoms with E-state index in [4.69, 9.17) is 16.3 Å². The number of carbonyl (C=O) groups excluding carboxylic acids is 3. The Morgan fingerprint density at radius 2 is 1.75 bits per heavy atom. The van der Waals surface area contributed by atoms with Crippen LogP contribution in [0.2, 0.25) is 5.02 Å². The molecule has 1 aliphatic heterocycles. The molecule has 1 amide bonds. The van der Waals surface area contributed by atoms with Crippen molar-refractivity contribution in [3.05, 3.63) is 64.7 Å². The van der Waals surface area contributed by atoms with E-state index in [9.17, 15) is 14.4 Å². The minimum absolute atomic E-state index is 0.0250. The molecule has 0 saturated heterocycles. The Morgan fingerprint density at radius 3 is 2.44 bits per heavy atom. The lowest BCUT2D eigenvalue weighted by atomic mass is 9.82. The van der Waals surface area contributed by atoms with Crippen molar-refractivity contribution >= 4 is 29.3 Å². The third-order valence-corrected chi connectivity index (χ3v) is 7.92. The number of para-hydroxylation sites is 1. The lowest BCUT2D eigenvalue weighted by Gasteiger charge is -2.28. The predicted octanol–water partition coefficient (Wildman–Crippen LogP) is 5.07. The van der Waals surface area contributed by atoms with Gasteiger partial charge in [0.2, 0.25) is 5.91 Å². The van der Waals surface area contributed by atoms with Gasteiger partial charge >= 0.3 is 5.97 Å². The molecule has 3 aliphatic rings. The molecule has 6 heteroatoms. The number of fused-ring (bicyclic) bond motifs is 3. The fourth-order valence-corrected chi connectivity index (χ4v) is 6.24. The van der Waals surface area contributed by atoms with Crippen LogP contribution in [0.3, 0.4) is 0 Å². The first-order valence-corrected chi connectivity index (χ1v) is 11.8. The van der Waals surface area contributed by atoms with E-state index in [0.29, 0.717) is 22.8 Å². The standard InChI is InChI=1S/C26H26ClNO4/c1-2-25(22(29)16-12-14-17(27)15-13-16)21-19-10-6-7-11-20(19)32-24(31)26(21,25)23(30)28-18-8-4-3-5-9-18/h6-7,10-15,18,21H,2-5,8-9H2,1H3,(H,28,30)/t21-,25+,26+/m0/s1. The minimum Gasteiger partial charge on any atom is -0.425 e. The number of Topliss-reactive ketones (excluding diaryl/α,β-unsaturated/α-hetero) is 1. The Hall–Kier alpha value is -2.66. The van der Waals surface area contributed by atoms with Gasteiger partial charge in [-0.2, -0.15) is 0 Å². The molecule has 2 aromatic carbocycles. The maximum atomic E-state index is 14.0. The van der Waals surface area contributed by atoms with Gasteiger partial charge in [-0.05, 0) is 49.6 Å². The molecule has 2 saturated carbocycles. The van der Waals surface area contributed by atoms with Crippen molar-refractivity contribution < 1.29 is 19.1 Å². The van der Waals surface area contributed by atoms with Gasteiger partial charge in [0.15, 0.2) is 11.2 Å². The summed E-state index contributed by atoms with van der Waals surface area (Å²) in [6, 6.07) is 13.9. The van der Waals surface area contributed by atoms with E-state index >= 15 is 0 Å². The van der Waals surface area contributed by atoms with Crippen molar-refractivity contribution in [3.8, 4) is 5.75 Å². The average Bonchev–Trinajstić information content (AvgIpc) is 3.47. The summed E-state index contributed by atoms with van der Waals surface area (Å²) in [5.74, 6) is -1.34. The maximum Gasteiger partial charge on any atom is 0.328 e. The highest BCUT2D eigenvalue weighted by Crippen LogP contribution is 2.79. The lowest BCUT2D eigenvalue weighted by molar-refractivity contribution is -0.150. The van der Waals surface area contributed by atoms with E-state index < -0.39 is 22.7 Å². The van der Waals surface area contributed by atoms with Crippen molar-refractivity contribution in [2.75, 3.05) is 0 Å². The highest BCUT2D eigenvalue weighted by Gasteiger charge is 2.89. The van der Waals surface area contributed by atoms with Crippen LogP contribution in [0.4, 0.5) is 0 Å². The van der Waals surface area contributed by atoms with Gasteiger partial charge in [-0.3, -0.25) is 14.4 Å². The molecular formula is C26H26ClNO4. The molecule has 0 bridgehead atoms. The topological polar surface area (TPSA) is 72.5 Å². The predicted molar refractivity (Wildman–Crippen MR) is 121 cm³/mol. The first kappa shape index (κ1) is 21.2. The first-order valence-electron chi connectivity index (χ1n) is 11.4. The Bertz CT molecular complexity index is 1090.